The van der Waals surface area contributed by atoms with Crippen LogP contribution < -0.4 is 5.63 Å². The number of rotatable bonds is 2. The zero-order valence-electron chi connectivity index (χ0n) is 11.9. The molecule has 0 fully saturated rings. The molecule has 0 radical (unpaired) electrons. The van der Waals surface area contributed by atoms with Crippen LogP contribution in [0.2, 0.25) is 0 Å². The van der Waals surface area contributed by atoms with Crippen molar-refractivity contribution in [3.63, 3.8) is 0 Å². The zero-order chi connectivity index (χ0) is 16.8. The first-order chi connectivity index (χ1) is 11.5. The highest BCUT2D eigenvalue weighted by atomic mass is 79.9. The highest BCUT2D eigenvalue weighted by Gasteiger charge is 2.17. The van der Waals surface area contributed by atoms with Crippen molar-refractivity contribution in [1.82, 2.24) is 9.97 Å². The van der Waals surface area contributed by atoms with E-state index < -0.39 is 10.5 Å². The Hall–Kier alpha value is -3.00. The van der Waals surface area contributed by atoms with Crippen LogP contribution in [0, 0.1) is 10.1 Å². The van der Waals surface area contributed by atoms with E-state index in [1.165, 1.54) is 18.2 Å². The highest BCUT2D eigenvalue weighted by Crippen LogP contribution is 2.30. The number of benzene rings is 2. The highest BCUT2D eigenvalue weighted by molar-refractivity contribution is 9.10. The summed E-state index contributed by atoms with van der Waals surface area (Å²) in [6.45, 7) is 0. The number of aromatic amines is 1. The summed E-state index contributed by atoms with van der Waals surface area (Å²) in [5, 5.41) is 11.4. The lowest BCUT2D eigenvalue weighted by Crippen LogP contribution is -2.04. The molecule has 0 amide bonds. The van der Waals surface area contributed by atoms with Gasteiger partial charge in [-0.05, 0) is 34.1 Å². The Morgan fingerprint density at radius 3 is 2.75 bits per heavy atom. The van der Waals surface area contributed by atoms with Gasteiger partial charge >= 0.3 is 5.63 Å². The van der Waals surface area contributed by atoms with E-state index in [2.05, 4.69) is 25.9 Å². The number of hydrogen-bond donors (Lipinski definition) is 1. The average molecular weight is 386 g/mol. The summed E-state index contributed by atoms with van der Waals surface area (Å²) in [6, 6.07) is 11.6. The summed E-state index contributed by atoms with van der Waals surface area (Å²) in [5.74, 6) is 0.356. The van der Waals surface area contributed by atoms with Crippen LogP contribution in [0.3, 0.4) is 0 Å². The second kappa shape index (κ2) is 5.27. The molecule has 2 aromatic heterocycles. The Morgan fingerprint density at radius 2 is 2.00 bits per heavy atom. The molecule has 4 rings (SSSR count). The molecule has 8 heteroatoms. The quantitative estimate of drug-likeness (QED) is 0.319. The fourth-order valence-corrected chi connectivity index (χ4v) is 3.07. The number of fused-ring (bicyclic) bond motifs is 2. The van der Waals surface area contributed by atoms with Gasteiger partial charge in [-0.3, -0.25) is 10.1 Å². The number of nitrogens with zero attached hydrogens (tertiary/aromatic N) is 2. The van der Waals surface area contributed by atoms with Crippen LogP contribution >= 0.6 is 15.9 Å². The third kappa shape index (κ3) is 2.28. The van der Waals surface area contributed by atoms with Crippen molar-refractivity contribution in [1.29, 1.82) is 0 Å². The van der Waals surface area contributed by atoms with E-state index in [1.54, 1.807) is 0 Å². The molecule has 0 bridgehead atoms. The number of imidazole rings is 1. The first-order valence-electron chi connectivity index (χ1n) is 6.90. The summed E-state index contributed by atoms with van der Waals surface area (Å²) in [7, 11) is 0. The fourth-order valence-electron chi connectivity index (χ4n) is 2.53. The van der Waals surface area contributed by atoms with Gasteiger partial charge < -0.3 is 9.40 Å². The van der Waals surface area contributed by atoms with Crippen molar-refractivity contribution in [3.05, 3.63) is 67.5 Å². The first kappa shape index (κ1) is 14.6. The zero-order valence-corrected chi connectivity index (χ0v) is 13.5. The molecule has 24 heavy (non-hydrogen) atoms. The Labute approximate surface area is 142 Å². The molecule has 7 nitrogen and oxygen atoms in total. The molecule has 0 saturated carbocycles. The van der Waals surface area contributed by atoms with Crippen LogP contribution in [0.4, 0.5) is 5.69 Å². The Balaban J connectivity index is 1.99. The first-order valence-corrected chi connectivity index (χ1v) is 7.69. The summed E-state index contributed by atoms with van der Waals surface area (Å²) in [5.41, 5.74) is 1.30. The van der Waals surface area contributed by atoms with E-state index in [-0.39, 0.29) is 16.8 Å². The third-order valence-corrected chi connectivity index (χ3v) is 4.22. The molecule has 0 aliphatic carbocycles. The van der Waals surface area contributed by atoms with Gasteiger partial charge in [-0.25, -0.2) is 9.78 Å². The van der Waals surface area contributed by atoms with Gasteiger partial charge in [-0.2, -0.15) is 0 Å². The van der Waals surface area contributed by atoms with E-state index in [0.29, 0.717) is 21.2 Å². The van der Waals surface area contributed by atoms with Crippen molar-refractivity contribution in [3.8, 4) is 11.4 Å². The van der Waals surface area contributed by atoms with Gasteiger partial charge in [0.25, 0.3) is 5.69 Å². The van der Waals surface area contributed by atoms with Crippen LogP contribution in [-0.4, -0.2) is 14.9 Å². The predicted octanol–water partition coefficient (Wildman–Crippen LogP) is 4.01. The minimum Gasteiger partial charge on any atom is -0.421 e. The van der Waals surface area contributed by atoms with Crippen molar-refractivity contribution >= 4 is 43.6 Å². The van der Waals surface area contributed by atoms with Gasteiger partial charge in [0.15, 0.2) is 5.58 Å². The van der Waals surface area contributed by atoms with Gasteiger partial charge in [-0.15, -0.1) is 0 Å². The number of para-hydroxylation sites is 2. The number of aromatic nitrogens is 2. The molecule has 4 aromatic rings. The normalized spacial score (nSPS) is 11.2. The monoisotopic (exact) mass is 385 g/mol. The molecule has 118 valence electrons. The van der Waals surface area contributed by atoms with Crippen LogP contribution in [0.25, 0.3) is 33.4 Å². The molecule has 0 saturated heterocycles. The summed E-state index contributed by atoms with van der Waals surface area (Å²) >= 11 is 3.20. The predicted molar refractivity (Wildman–Crippen MR) is 91.9 cm³/mol. The van der Waals surface area contributed by atoms with E-state index in [4.69, 9.17) is 4.42 Å². The van der Waals surface area contributed by atoms with Gasteiger partial charge in [0, 0.05) is 17.5 Å². The molecule has 1 N–H and O–H groups in total. The maximum atomic E-state index is 12.3. The number of H-pyrrole nitrogens is 1. The molecule has 0 unspecified atom stereocenters. The maximum absolute atomic E-state index is 12.3. The Morgan fingerprint density at radius 1 is 1.21 bits per heavy atom. The molecule has 0 spiro atoms. The van der Waals surface area contributed by atoms with Crippen molar-refractivity contribution in [2.24, 2.45) is 0 Å². The molecule has 0 aliphatic heterocycles. The number of halogens is 1. The van der Waals surface area contributed by atoms with Gasteiger partial charge in [-0.1, -0.05) is 12.1 Å². The van der Waals surface area contributed by atoms with E-state index in [9.17, 15) is 14.9 Å². The van der Waals surface area contributed by atoms with Gasteiger partial charge in [0.05, 0.1) is 20.4 Å². The van der Waals surface area contributed by atoms with E-state index in [0.717, 1.165) is 5.52 Å². The molecule has 0 aliphatic rings. The van der Waals surface area contributed by atoms with E-state index in [1.807, 2.05) is 24.3 Å². The number of nitro benzene ring substituents is 1. The lowest BCUT2D eigenvalue weighted by Gasteiger charge is -2.02. The second-order valence-electron chi connectivity index (χ2n) is 5.15. The van der Waals surface area contributed by atoms with Crippen LogP contribution in [0.15, 0.2) is 56.1 Å². The Bertz CT molecular complexity index is 1150. The fraction of sp³-hybridized carbons (Fsp3) is 0. The number of non-ortho nitro benzene ring substituents is 1. The average Bonchev–Trinajstić information content (AvgIpc) is 2.98. The van der Waals surface area contributed by atoms with Crippen LogP contribution in [-0.2, 0) is 0 Å². The van der Waals surface area contributed by atoms with Gasteiger partial charge in [0.2, 0.25) is 0 Å². The van der Waals surface area contributed by atoms with Crippen LogP contribution in [0.5, 0.6) is 0 Å². The molecule has 2 heterocycles. The smallest absolute Gasteiger partial charge is 0.347 e. The minimum atomic E-state index is -0.573. The molecule has 2 aromatic carbocycles. The SMILES string of the molecule is O=c1oc2c(Br)cc([N+](=O)[O-])cc2cc1-c1nc2ccccc2[nH]1. The van der Waals surface area contributed by atoms with Gasteiger partial charge in [0.1, 0.15) is 11.4 Å². The number of nitro groups is 1. The standard InChI is InChI=1S/C16H8BrN3O4/c17-11-7-9(20(22)23)5-8-6-10(16(21)24-14(8)11)15-18-12-3-1-2-4-13(12)19-15/h1-7H,(H,18,19). The van der Waals surface area contributed by atoms with Crippen molar-refractivity contribution < 1.29 is 9.34 Å². The molecular weight excluding hydrogens is 378 g/mol. The second-order valence-corrected chi connectivity index (χ2v) is 6.01. The lowest BCUT2D eigenvalue weighted by molar-refractivity contribution is -0.384. The maximum Gasteiger partial charge on any atom is 0.347 e. The topological polar surface area (TPSA) is 102 Å². The molecule has 0 atom stereocenters. The van der Waals surface area contributed by atoms with E-state index >= 15 is 0 Å². The van der Waals surface area contributed by atoms with Crippen molar-refractivity contribution in [2.45, 2.75) is 0 Å². The minimum absolute atomic E-state index is 0.0984. The lowest BCUT2D eigenvalue weighted by atomic mass is 10.1. The number of hydrogen-bond acceptors (Lipinski definition) is 5. The van der Waals surface area contributed by atoms with Crippen molar-refractivity contribution in [2.75, 3.05) is 0 Å². The summed E-state index contributed by atoms with van der Waals surface area (Å²) in [6.07, 6.45) is 0. The third-order valence-electron chi connectivity index (χ3n) is 3.63. The summed E-state index contributed by atoms with van der Waals surface area (Å²) in [4.78, 5) is 30.2. The molecular formula is C16H8BrN3O4. The number of nitrogens with one attached hydrogen (secondary N) is 1. The largest absolute Gasteiger partial charge is 0.421 e. The summed E-state index contributed by atoms with van der Waals surface area (Å²) < 4.78 is 5.67. The van der Waals surface area contributed by atoms with Crippen LogP contribution in [0.1, 0.15) is 0 Å². The Kier molecular flexibility index (Phi) is 3.20.